The lowest BCUT2D eigenvalue weighted by atomic mass is 9.77. The number of aryl methyl sites for hydroxylation is 2. The van der Waals surface area contributed by atoms with Gasteiger partial charge in [-0.2, -0.15) is 0 Å². The molecule has 0 radical (unpaired) electrons. The SMILES string of the molecule is CC1CC(C(=O)NCc2cn(CCc3c[nH]c4ccc([N+](=O)[O-])cc34)nn2)C[C@@H](O[C@@H]2OC(CO)[C@H](O)C(O[C@@H](CC3CCCCC3)C(=O)O)C2OC(=O)c2ccccc2)C1O[C@@H]1OC(C)[C@@H](O)C(O)C1O. The highest BCUT2D eigenvalue weighted by atomic mass is 16.7. The van der Waals surface area contributed by atoms with Crippen molar-refractivity contribution in [2.45, 2.75) is 164 Å². The van der Waals surface area contributed by atoms with E-state index >= 15 is 0 Å². The summed E-state index contributed by atoms with van der Waals surface area (Å²) in [5.41, 5.74) is 2.13. The molecule has 2 saturated heterocycles. The number of aromatic nitrogens is 4. The molecule has 2 aliphatic carbocycles. The van der Waals surface area contributed by atoms with Gasteiger partial charge in [-0.15, -0.1) is 5.10 Å². The van der Waals surface area contributed by atoms with Crippen LogP contribution in [0, 0.1) is 27.9 Å². The maximum atomic E-state index is 14.1. The largest absolute Gasteiger partial charge is 0.479 e. The first-order valence-electron chi connectivity index (χ1n) is 24.6. The van der Waals surface area contributed by atoms with Gasteiger partial charge in [0.05, 0.1) is 48.1 Å². The molecule has 392 valence electrons. The zero-order valence-corrected chi connectivity index (χ0v) is 40.0. The number of rotatable bonds is 19. The molecule has 23 heteroatoms. The fourth-order valence-electron chi connectivity index (χ4n) is 10.4. The average Bonchev–Trinajstić information content (AvgIpc) is 4.02. The smallest absolute Gasteiger partial charge is 0.338 e. The van der Waals surface area contributed by atoms with Gasteiger partial charge in [0.15, 0.2) is 24.8 Å². The van der Waals surface area contributed by atoms with Crippen LogP contribution >= 0.6 is 0 Å². The van der Waals surface area contributed by atoms with E-state index in [2.05, 4.69) is 20.6 Å². The minimum absolute atomic E-state index is 0.0153. The van der Waals surface area contributed by atoms with Crippen molar-refractivity contribution in [1.82, 2.24) is 25.3 Å². The normalized spacial score (nSPS) is 31.7. The summed E-state index contributed by atoms with van der Waals surface area (Å²) in [5.74, 6) is -3.91. The molecule has 4 fully saturated rings. The summed E-state index contributed by atoms with van der Waals surface area (Å²) in [6, 6.07) is 12.5. The highest BCUT2D eigenvalue weighted by Gasteiger charge is 2.54. The minimum Gasteiger partial charge on any atom is -0.479 e. The first kappa shape index (κ1) is 52.8. The first-order valence-corrected chi connectivity index (χ1v) is 24.6. The predicted molar refractivity (Wildman–Crippen MR) is 249 cm³/mol. The number of nitrogens with zero attached hydrogens (tertiary/aromatic N) is 4. The van der Waals surface area contributed by atoms with Gasteiger partial charge in [-0.1, -0.05) is 62.4 Å². The standard InChI is InChI=1S/C49H64N6O17/c1-25-17-30(45(61)51-22-31-23-54(53-52-31)16-15-29-21-50-34-14-13-32(55(65)66)20-33(29)34)19-35(42(25)72-48-41(60)40(59)38(57)26(2)67-48)69-49-44(71-47(64)28-11-7-4-8-12-28)43(39(58)37(24-56)70-49)68-36(46(62)63)18-27-9-5-3-6-10-27/h4,7-8,11-14,20-21,23,25-27,30,35-44,48-50,56-60H,3,5-6,9-10,15-19,22,24H2,1-2H3,(H,51,61)(H,62,63)/t25?,26?,30?,35-,36+,37?,38-,39+,40?,41?,42?,43?,44?,48+,49-/m1/s1. The number of hydrogen-bond acceptors (Lipinski definition) is 18. The van der Waals surface area contributed by atoms with Crippen molar-refractivity contribution in [3.8, 4) is 0 Å². The Balaban J connectivity index is 1.03. The first-order chi connectivity index (χ1) is 34.6. The van der Waals surface area contributed by atoms with Crippen molar-refractivity contribution < 1.29 is 78.4 Å². The Morgan fingerprint density at radius 2 is 1.69 bits per heavy atom. The van der Waals surface area contributed by atoms with E-state index in [0.717, 1.165) is 48.6 Å². The molecular formula is C49H64N6O17. The molecule has 8 rings (SSSR count). The van der Waals surface area contributed by atoms with E-state index < -0.39 is 121 Å². The highest BCUT2D eigenvalue weighted by molar-refractivity contribution is 5.89. The van der Waals surface area contributed by atoms with E-state index in [0.29, 0.717) is 18.7 Å². The second-order valence-electron chi connectivity index (χ2n) is 19.5. The second kappa shape index (κ2) is 23.6. The quantitative estimate of drug-likeness (QED) is 0.0379. The molecule has 9 unspecified atom stereocenters. The average molecular weight is 1010 g/mol. The third-order valence-electron chi connectivity index (χ3n) is 14.4. The summed E-state index contributed by atoms with van der Waals surface area (Å²) in [6.07, 6.45) is -10.4. The number of carbonyl (C=O) groups excluding carboxylic acids is 2. The fraction of sp³-hybridized carbons (Fsp3) is 0.612. The highest BCUT2D eigenvalue weighted by Crippen LogP contribution is 2.39. The monoisotopic (exact) mass is 1010 g/mol. The van der Waals surface area contributed by atoms with E-state index in [-0.39, 0.29) is 43.0 Å². The molecule has 4 aliphatic rings. The van der Waals surface area contributed by atoms with Crippen molar-refractivity contribution in [3.05, 3.63) is 87.9 Å². The van der Waals surface area contributed by atoms with E-state index in [9.17, 15) is 55.1 Å². The number of carboxylic acid groups (broad SMARTS) is 1. The third-order valence-corrected chi connectivity index (χ3v) is 14.4. The number of hydrogen-bond donors (Lipinski definition) is 8. The van der Waals surface area contributed by atoms with Crippen LogP contribution < -0.4 is 5.32 Å². The van der Waals surface area contributed by atoms with E-state index in [1.54, 1.807) is 48.3 Å². The maximum absolute atomic E-state index is 14.1. The van der Waals surface area contributed by atoms with Crippen LogP contribution in [0.2, 0.25) is 0 Å². The number of benzene rings is 2. The molecule has 0 spiro atoms. The van der Waals surface area contributed by atoms with Crippen LogP contribution in [0.1, 0.15) is 86.8 Å². The van der Waals surface area contributed by atoms with Crippen molar-refractivity contribution in [1.29, 1.82) is 0 Å². The number of non-ortho nitro benzene ring substituents is 1. The Morgan fingerprint density at radius 3 is 2.42 bits per heavy atom. The van der Waals surface area contributed by atoms with Crippen molar-refractivity contribution in [3.63, 3.8) is 0 Å². The number of nitro benzene ring substituents is 1. The van der Waals surface area contributed by atoms with Crippen LogP contribution in [0.15, 0.2) is 60.9 Å². The molecular weight excluding hydrogens is 945 g/mol. The lowest BCUT2D eigenvalue weighted by Crippen LogP contribution is -2.64. The number of carboxylic acids is 1. The van der Waals surface area contributed by atoms with E-state index in [4.69, 9.17) is 28.4 Å². The van der Waals surface area contributed by atoms with Crippen molar-refractivity contribution in [2.75, 3.05) is 6.61 Å². The number of carbonyl (C=O) groups is 3. The molecule has 23 nitrogen and oxygen atoms in total. The number of esters is 1. The molecule has 2 saturated carbocycles. The molecule has 4 heterocycles. The summed E-state index contributed by atoms with van der Waals surface area (Å²) in [5, 5.41) is 88.3. The topological polar surface area (TPSA) is 330 Å². The number of aliphatic carboxylic acids is 1. The van der Waals surface area contributed by atoms with Crippen LogP contribution in [0.5, 0.6) is 0 Å². The molecule has 0 bridgehead atoms. The van der Waals surface area contributed by atoms with Crippen LogP contribution in [0.4, 0.5) is 5.69 Å². The van der Waals surface area contributed by atoms with Gasteiger partial charge in [-0.3, -0.25) is 19.6 Å². The number of nitrogens with one attached hydrogen (secondary N) is 2. The molecule has 2 aliphatic heterocycles. The van der Waals surface area contributed by atoms with Gasteiger partial charge >= 0.3 is 11.9 Å². The summed E-state index contributed by atoms with van der Waals surface area (Å²) in [7, 11) is 0. The second-order valence-corrected chi connectivity index (χ2v) is 19.5. The van der Waals surface area contributed by atoms with E-state index in [1.165, 1.54) is 31.2 Å². The van der Waals surface area contributed by atoms with Crippen LogP contribution in [0.25, 0.3) is 10.9 Å². The zero-order valence-electron chi connectivity index (χ0n) is 40.0. The molecule has 1 amide bonds. The fourth-order valence-corrected chi connectivity index (χ4v) is 10.4. The number of ether oxygens (including phenoxy) is 6. The molecule has 2 aromatic heterocycles. The summed E-state index contributed by atoms with van der Waals surface area (Å²) in [4.78, 5) is 54.9. The van der Waals surface area contributed by atoms with Gasteiger partial charge < -0.3 is 69.4 Å². The summed E-state index contributed by atoms with van der Waals surface area (Å²) in [6.45, 7) is 2.84. The Kier molecular flexibility index (Phi) is 17.3. The Morgan fingerprint density at radius 1 is 0.931 bits per heavy atom. The predicted octanol–water partition coefficient (Wildman–Crippen LogP) is 2.28. The lowest BCUT2D eigenvalue weighted by molar-refractivity contribution is -0.384. The minimum atomic E-state index is -1.72. The van der Waals surface area contributed by atoms with Gasteiger partial charge in [0.2, 0.25) is 5.91 Å². The van der Waals surface area contributed by atoms with Crippen LogP contribution in [-0.2, 0) is 57.5 Å². The van der Waals surface area contributed by atoms with Crippen LogP contribution in [-0.4, -0.2) is 160 Å². The third kappa shape index (κ3) is 12.3. The maximum Gasteiger partial charge on any atom is 0.338 e. The Labute approximate surface area is 413 Å². The van der Waals surface area contributed by atoms with Crippen LogP contribution in [0.3, 0.4) is 0 Å². The van der Waals surface area contributed by atoms with Crippen molar-refractivity contribution in [2.24, 2.45) is 17.8 Å². The number of amides is 1. The zero-order chi connectivity index (χ0) is 51.2. The van der Waals surface area contributed by atoms with Gasteiger partial charge in [0.1, 0.15) is 42.3 Å². The summed E-state index contributed by atoms with van der Waals surface area (Å²) < 4.78 is 39.0. The van der Waals surface area contributed by atoms with E-state index in [1.807, 2.05) is 0 Å². The Hall–Kier alpha value is -5.47. The number of aliphatic hydroxyl groups excluding tert-OH is 5. The molecule has 2 aromatic carbocycles. The number of fused-ring (bicyclic) bond motifs is 1. The molecule has 4 aromatic rings. The number of H-pyrrole nitrogens is 1. The van der Waals surface area contributed by atoms with Gasteiger partial charge in [-0.05, 0) is 68.2 Å². The molecule has 15 atom stereocenters. The summed E-state index contributed by atoms with van der Waals surface area (Å²) >= 11 is 0. The number of aliphatic hydroxyl groups is 5. The molecule has 8 N–H and O–H groups in total. The lowest BCUT2D eigenvalue weighted by Gasteiger charge is -2.48. The van der Waals surface area contributed by atoms with Gasteiger partial charge in [0, 0.05) is 41.7 Å². The number of nitro groups is 1. The Bertz CT molecular complexity index is 2470. The van der Waals surface area contributed by atoms with Gasteiger partial charge in [0.25, 0.3) is 5.69 Å². The number of aromatic amines is 1. The van der Waals surface area contributed by atoms with Crippen molar-refractivity contribution >= 4 is 34.4 Å². The van der Waals surface area contributed by atoms with Gasteiger partial charge in [-0.25, -0.2) is 9.59 Å². The molecule has 72 heavy (non-hydrogen) atoms.